The van der Waals surface area contributed by atoms with Gasteiger partial charge in [-0.25, -0.2) is 0 Å². The van der Waals surface area contributed by atoms with Crippen molar-refractivity contribution in [3.8, 4) is 0 Å². The largest absolute Gasteiger partial charge is 0.126 e. The molecule has 0 heterocycles. The van der Waals surface area contributed by atoms with E-state index in [1.807, 2.05) is 6.07 Å². The minimum Gasteiger partial charge on any atom is -0.126 e. The quantitative estimate of drug-likeness (QED) is 0.626. The van der Waals surface area contributed by atoms with Gasteiger partial charge in [0.25, 0.3) is 0 Å². The highest BCUT2D eigenvalue weighted by atomic mass is 35.5. The van der Waals surface area contributed by atoms with Gasteiger partial charge < -0.3 is 0 Å². The van der Waals surface area contributed by atoms with Gasteiger partial charge in [0.05, 0.1) is 0 Å². The highest BCUT2D eigenvalue weighted by Crippen LogP contribution is 2.24. The van der Waals surface area contributed by atoms with E-state index in [0.29, 0.717) is 17.7 Å². The number of benzene rings is 1. The van der Waals surface area contributed by atoms with Crippen molar-refractivity contribution < 1.29 is 0 Å². The fraction of sp³-hybridized carbons (Fsp3) is 0.455. The molecular formula is C11H15Cl. The Kier molecular flexibility index (Phi) is 3.61. The number of hydrogen-bond donors (Lipinski definition) is 0. The number of alkyl halides is 1. The highest BCUT2D eigenvalue weighted by molar-refractivity contribution is 6.18. The standard InChI is InChI=1S/C11H15Cl/c1-9(2)11(8-12)10-6-4-3-5-7-10/h3-7,9,11H,8H2,1-2H3/t11-/m1/s1. The summed E-state index contributed by atoms with van der Waals surface area (Å²) in [5, 5.41) is 0. The molecule has 0 aliphatic rings. The van der Waals surface area contributed by atoms with Gasteiger partial charge >= 0.3 is 0 Å². The Morgan fingerprint density at radius 1 is 1.17 bits per heavy atom. The minimum absolute atomic E-state index is 0.493. The lowest BCUT2D eigenvalue weighted by molar-refractivity contribution is 0.539. The Balaban J connectivity index is 2.80. The van der Waals surface area contributed by atoms with Crippen molar-refractivity contribution in [2.24, 2.45) is 5.92 Å². The molecule has 0 aromatic heterocycles. The molecule has 1 aromatic rings. The second-order valence-corrected chi connectivity index (χ2v) is 3.72. The van der Waals surface area contributed by atoms with Gasteiger partial charge in [0.15, 0.2) is 0 Å². The topological polar surface area (TPSA) is 0 Å². The van der Waals surface area contributed by atoms with Crippen LogP contribution in [0.25, 0.3) is 0 Å². The van der Waals surface area contributed by atoms with Gasteiger partial charge in [-0.3, -0.25) is 0 Å². The average molecular weight is 183 g/mol. The van der Waals surface area contributed by atoms with Crippen LogP contribution in [-0.4, -0.2) is 5.88 Å². The first-order valence-corrected chi connectivity index (χ1v) is 4.90. The molecule has 0 fully saturated rings. The highest BCUT2D eigenvalue weighted by Gasteiger charge is 2.13. The molecule has 12 heavy (non-hydrogen) atoms. The molecule has 1 aromatic carbocycles. The van der Waals surface area contributed by atoms with Crippen LogP contribution in [0.3, 0.4) is 0 Å². The van der Waals surface area contributed by atoms with Crippen LogP contribution in [0.1, 0.15) is 25.3 Å². The van der Waals surface area contributed by atoms with E-state index in [2.05, 4.69) is 38.1 Å². The molecule has 0 aliphatic heterocycles. The first-order chi connectivity index (χ1) is 5.75. The Morgan fingerprint density at radius 3 is 2.17 bits per heavy atom. The van der Waals surface area contributed by atoms with Crippen LogP contribution in [-0.2, 0) is 0 Å². The summed E-state index contributed by atoms with van der Waals surface area (Å²) < 4.78 is 0. The van der Waals surface area contributed by atoms with E-state index in [0.717, 1.165) is 0 Å². The summed E-state index contributed by atoms with van der Waals surface area (Å²) in [4.78, 5) is 0. The zero-order chi connectivity index (χ0) is 8.97. The molecule has 66 valence electrons. The van der Waals surface area contributed by atoms with Crippen LogP contribution in [0.4, 0.5) is 0 Å². The zero-order valence-electron chi connectivity index (χ0n) is 7.63. The van der Waals surface area contributed by atoms with Gasteiger partial charge in [-0.2, -0.15) is 0 Å². The second kappa shape index (κ2) is 4.51. The van der Waals surface area contributed by atoms with Crippen molar-refractivity contribution in [2.45, 2.75) is 19.8 Å². The van der Waals surface area contributed by atoms with E-state index in [1.54, 1.807) is 0 Å². The lowest BCUT2D eigenvalue weighted by Gasteiger charge is -2.17. The Labute approximate surface area is 79.6 Å². The molecule has 0 unspecified atom stereocenters. The third-order valence-electron chi connectivity index (χ3n) is 2.20. The van der Waals surface area contributed by atoms with Gasteiger partial charge in [-0.15, -0.1) is 11.6 Å². The lowest BCUT2D eigenvalue weighted by Crippen LogP contribution is -2.07. The monoisotopic (exact) mass is 182 g/mol. The van der Waals surface area contributed by atoms with Crippen molar-refractivity contribution in [3.63, 3.8) is 0 Å². The molecule has 1 atom stereocenters. The Morgan fingerprint density at radius 2 is 1.75 bits per heavy atom. The summed E-state index contributed by atoms with van der Waals surface area (Å²) in [7, 11) is 0. The van der Waals surface area contributed by atoms with Crippen molar-refractivity contribution in [2.75, 3.05) is 5.88 Å². The summed E-state index contributed by atoms with van der Waals surface area (Å²) in [5.41, 5.74) is 1.35. The van der Waals surface area contributed by atoms with Gasteiger partial charge in [0, 0.05) is 5.88 Å². The summed E-state index contributed by atoms with van der Waals surface area (Å²) in [6, 6.07) is 10.5. The SMILES string of the molecule is CC(C)[C@@H](CCl)c1ccccc1. The first kappa shape index (κ1) is 9.60. The second-order valence-electron chi connectivity index (χ2n) is 3.42. The van der Waals surface area contributed by atoms with Gasteiger partial charge in [0.2, 0.25) is 0 Å². The molecule has 0 nitrogen and oxygen atoms in total. The Hall–Kier alpha value is -0.490. The fourth-order valence-corrected chi connectivity index (χ4v) is 1.89. The van der Waals surface area contributed by atoms with E-state index in [1.165, 1.54) is 5.56 Å². The summed E-state index contributed by atoms with van der Waals surface area (Å²) >= 11 is 5.90. The maximum absolute atomic E-state index is 5.90. The predicted molar refractivity (Wildman–Crippen MR) is 54.7 cm³/mol. The molecule has 0 aliphatic carbocycles. The summed E-state index contributed by atoms with van der Waals surface area (Å²) in [5.74, 6) is 1.82. The van der Waals surface area contributed by atoms with E-state index in [-0.39, 0.29) is 0 Å². The third-order valence-corrected chi connectivity index (χ3v) is 2.53. The van der Waals surface area contributed by atoms with E-state index in [9.17, 15) is 0 Å². The molecule has 0 spiro atoms. The Bertz CT molecular complexity index is 216. The number of rotatable bonds is 3. The van der Waals surface area contributed by atoms with Crippen LogP contribution in [0.2, 0.25) is 0 Å². The number of halogens is 1. The minimum atomic E-state index is 0.493. The maximum atomic E-state index is 5.90. The predicted octanol–water partition coefficient (Wildman–Crippen LogP) is 3.67. The lowest BCUT2D eigenvalue weighted by atomic mass is 9.90. The maximum Gasteiger partial charge on any atom is 0.0294 e. The normalized spacial score (nSPS) is 13.3. The first-order valence-electron chi connectivity index (χ1n) is 4.36. The third kappa shape index (κ3) is 2.25. The van der Waals surface area contributed by atoms with Crippen molar-refractivity contribution in [1.82, 2.24) is 0 Å². The fourth-order valence-electron chi connectivity index (χ4n) is 1.35. The van der Waals surface area contributed by atoms with Crippen molar-refractivity contribution >= 4 is 11.6 Å². The molecule has 0 radical (unpaired) electrons. The van der Waals surface area contributed by atoms with Crippen LogP contribution in [0, 0.1) is 5.92 Å². The summed E-state index contributed by atoms with van der Waals surface area (Å²) in [6.45, 7) is 4.42. The number of hydrogen-bond acceptors (Lipinski definition) is 0. The zero-order valence-corrected chi connectivity index (χ0v) is 8.38. The van der Waals surface area contributed by atoms with Crippen molar-refractivity contribution in [1.29, 1.82) is 0 Å². The van der Waals surface area contributed by atoms with Crippen LogP contribution in [0.5, 0.6) is 0 Å². The summed E-state index contributed by atoms with van der Waals surface area (Å²) in [6.07, 6.45) is 0. The molecule has 1 heteroatoms. The van der Waals surface area contributed by atoms with E-state index in [4.69, 9.17) is 11.6 Å². The molecule has 0 bridgehead atoms. The van der Waals surface area contributed by atoms with Crippen molar-refractivity contribution in [3.05, 3.63) is 35.9 Å². The molecule has 1 rings (SSSR count). The average Bonchev–Trinajstić information content (AvgIpc) is 2.07. The van der Waals surface area contributed by atoms with Crippen LogP contribution < -0.4 is 0 Å². The van der Waals surface area contributed by atoms with Crippen LogP contribution >= 0.6 is 11.6 Å². The molecule has 0 N–H and O–H groups in total. The van der Waals surface area contributed by atoms with E-state index >= 15 is 0 Å². The van der Waals surface area contributed by atoms with Gasteiger partial charge in [-0.1, -0.05) is 44.2 Å². The smallest absolute Gasteiger partial charge is 0.0294 e. The molecule has 0 saturated heterocycles. The van der Waals surface area contributed by atoms with Gasteiger partial charge in [-0.05, 0) is 17.4 Å². The van der Waals surface area contributed by atoms with E-state index < -0.39 is 0 Å². The molecule has 0 saturated carbocycles. The van der Waals surface area contributed by atoms with Crippen LogP contribution in [0.15, 0.2) is 30.3 Å². The molecular weight excluding hydrogens is 168 g/mol. The molecule has 0 amide bonds. The van der Waals surface area contributed by atoms with Gasteiger partial charge in [0.1, 0.15) is 0 Å².